The number of benzene rings is 1. The lowest BCUT2D eigenvalue weighted by Crippen LogP contribution is -2.36. The van der Waals surface area contributed by atoms with Crippen LogP contribution in [0.15, 0.2) is 30.5 Å². The Balaban J connectivity index is 1.63. The summed E-state index contributed by atoms with van der Waals surface area (Å²) in [5.41, 5.74) is 3.18. The van der Waals surface area contributed by atoms with E-state index < -0.39 is 0 Å². The molecule has 1 aliphatic heterocycles. The van der Waals surface area contributed by atoms with Crippen molar-refractivity contribution in [1.82, 2.24) is 24.8 Å². The summed E-state index contributed by atoms with van der Waals surface area (Å²) in [6.45, 7) is 10.5. The van der Waals surface area contributed by atoms with E-state index in [0.717, 1.165) is 38.9 Å². The Morgan fingerprint density at radius 1 is 1.15 bits per heavy atom. The summed E-state index contributed by atoms with van der Waals surface area (Å²) in [5.74, 6) is -0.0325. The molecule has 0 spiro atoms. The van der Waals surface area contributed by atoms with Gasteiger partial charge in [-0.3, -0.25) is 9.69 Å². The molecular formula is C21H31N5O. The Morgan fingerprint density at radius 2 is 1.85 bits per heavy atom. The monoisotopic (exact) mass is 369 g/mol. The Hall–Kier alpha value is -2.21. The maximum atomic E-state index is 12.5. The second-order valence-electron chi connectivity index (χ2n) is 7.26. The van der Waals surface area contributed by atoms with E-state index in [1.54, 1.807) is 4.90 Å². The third kappa shape index (κ3) is 4.75. The fourth-order valence-electron chi connectivity index (χ4n) is 3.76. The predicted octanol–water partition coefficient (Wildman–Crippen LogP) is 3.16. The minimum absolute atomic E-state index is 0.0325. The first-order chi connectivity index (χ1) is 13.1. The average molecular weight is 370 g/mol. The van der Waals surface area contributed by atoms with Gasteiger partial charge in [0, 0.05) is 26.2 Å². The van der Waals surface area contributed by atoms with E-state index >= 15 is 0 Å². The van der Waals surface area contributed by atoms with Crippen LogP contribution >= 0.6 is 0 Å². The number of nitrogens with zero attached hydrogens (tertiary/aromatic N) is 5. The fourth-order valence-corrected chi connectivity index (χ4v) is 3.76. The quantitative estimate of drug-likeness (QED) is 0.752. The second kappa shape index (κ2) is 9.13. The zero-order valence-electron chi connectivity index (χ0n) is 16.8. The largest absolute Gasteiger partial charge is 0.338 e. The SMILES string of the molecule is CCc1ccc(CN2CCCC(n3cc(C(=O)N(CC)CC)nn3)C2)cc1. The fraction of sp³-hybridized carbons (Fsp3) is 0.571. The molecule has 1 unspecified atom stereocenters. The number of hydrogen-bond acceptors (Lipinski definition) is 4. The number of carbonyl (C=O) groups is 1. The van der Waals surface area contributed by atoms with Crippen molar-refractivity contribution in [3.8, 4) is 0 Å². The van der Waals surface area contributed by atoms with Crippen molar-refractivity contribution in [3.05, 3.63) is 47.3 Å². The Bertz CT molecular complexity index is 735. The molecule has 0 aliphatic carbocycles. The van der Waals surface area contributed by atoms with Gasteiger partial charge in [0.1, 0.15) is 0 Å². The number of aromatic nitrogens is 3. The van der Waals surface area contributed by atoms with Crippen LogP contribution in [0.3, 0.4) is 0 Å². The van der Waals surface area contributed by atoms with Crippen LogP contribution in [0.5, 0.6) is 0 Å². The maximum absolute atomic E-state index is 12.5. The molecule has 0 bridgehead atoms. The molecule has 6 heteroatoms. The van der Waals surface area contributed by atoms with Crippen molar-refractivity contribution >= 4 is 5.91 Å². The highest BCUT2D eigenvalue weighted by Gasteiger charge is 2.24. The van der Waals surface area contributed by atoms with E-state index in [9.17, 15) is 4.79 Å². The first kappa shape index (κ1) is 19.5. The number of hydrogen-bond donors (Lipinski definition) is 0. The van der Waals surface area contributed by atoms with Gasteiger partial charge in [-0.15, -0.1) is 5.10 Å². The number of carbonyl (C=O) groups excluding carboxylic acids is 1. The topological polar surface area (TPSA) is 54.3 Å². The van der Waals surface area contributed by atoms with E-state index in [1.165, 1.54) is 11.1 Å². The molecule has 1 saturated heterocycles. The smallest absolute Gasteiger partial charge is 0.276 e. The van der Waals surface area contributed by atoms with E-state index in [1.807, 2.05) is 24.7 Å². The van der Waals surface area contributed by atoms with Crippen LogP contribution in [0.25, 0.3) is 0 Å². The molecule has 6 nitrogen and oxygen atoms in total. The Kier molecular flexibility index (Phi) is 6.61. The lowest BCUT2D eigenvalue weighted by Gasteiger charge is -2.32. The molecule has 146 valence electrons. The van der Waals surface area contributed by atoms with Crippen molar-refractivity contribution < 1.29 is 4.79 Å². The molecular weight excluding hydrogens is 338 g/mol. The number of aryl methyl sites for hydroxylation is 1. The van der Waals surface area contributed by atoms with Gasteiger partial charge in [0.05, 0.1) is 12.2 Å². The van der Waals surface area contributed by atoms with Gasteiger partial charge in [0.15, 0.2) is 5.69 Å². The van der Waals surface area contributed by atoms with Gasteiger partial charge in [-0.25, -0.2) is 4.68 Å². The van der Waals surface area contributed by atoms with E-state index in [-0.39, 0.29) is 11.9 Å². The first-order valence-electron chi connectivity index (χ1n) is 10.2. The lowest BCUT2D eigenvalue weighted by atomic mass is 10.0. The predicted molar refractivity (Wildman–Crippen MR) is 107 cm³/mol. The molecule has 2 aromatic rings. The van der Waals surface area contributed by atoms with Crippen molar-refractivity contribution in [2.24, 2.45) is 0 Å². The van der Waals surface area contributed by atoms with Crippen molar-refractivity contribution in [2.75, 3.05) is 26.2 Å². The van der Waals surface area contributed by atoms with E-state index in [4.69, 9.17) is 0 Å². The molecule has 1 amide bonds. The summed E-state index contributed by atoms with van der Waals surface area (Å²) in [6.07, 6.45) is 5.11. The van der Waals surface area contributed by atoms with Gasteiger partial charge in [0.25, 0.3) is 5.91 Å². The number of piperidine rings is 1. The zero-order chi connectivity index (χ0) is 19.2. The highest BCUT2D eigenvalue weighted by molar-refractivity contribution is 5.91. The summed E-state index contributed by atoms with van der Waals surface area (Å²) < 4.78 is 1.89. The van der Waals surface area contributed by atoms with E-state index in [2.05, 4.69) is 46.4 Å². The van der Waals surface area contributed by atoms with Gasteiger partial charge < -0.3 is 4.90 Å². The molecule has 0 N–H and O–H groups in total. The average Bonchev–Trinajstić information content (AvgIpc) is 3.20. The highest BCUT2D eigenvalue weighted by Crippen LogP contribution is 2.22. The highest BCUT2D eigenvalue weighted by atomic mass is 16.2. The first-order valence-corrected chi connectivity index (χ1v) is 10.2. The van der Waals surface area contributed by atoms with Crippen LogP contribution in [0.4, 0.5) is 0 Å². The maximum Gasteiger partial charge on any atom is 0.276 e. The normalized spacial score (nSPS) is 17.8. The van der Waals surface area contributed by atoms with Crippen molar-refractivity contribution in [2.45, 2.75) is 52.6 Å². The molecule has 3 rings (SSSR count). The summed E-state index contributed by atoms with van der Waals surface area (Å²) in [6, 6.07) is 9.19. The number of rotatable bonds is 7. The molecule has 0 saturated carbocycles. The molecule has 1 aliphatic rings. The molecule has 1 aromatic carbocycles. The summed E-state index contributed by atoms with van der Waals surface area (Å²) >= 11 is 0. The lowest BCUT2D eigenvalue weighted by molar-refractivity contribution is 0.0767. The van der Waals surface area contributed by atoms with Gasteiger partial charge >= 0.3 is 0 Å². The molecule has 1 atom stereocenters. The summed E-state index contributed by atoms with van der Waals surface area (Å²) in [4.78, 5) is 16.7. The zero-order valence-corrected chi connectivity index (χ0v) is 16.8. The molecule has 1 aromatic heterocycles. The number of likely N-dealkylation sites (tertiary alicyclic amines) is 1. The van der Waals surface area contributed by atoms with Crippen molar-refractivity contribution in [3.63, 3.8) is 0 Å². The summed E-state index contributed by atoms with van der Waals surface area (Å²) in [5, 5.41) is 8.41. The molecule has 2 heterocycles. The van der Waals surface area contributed by atoms with E-state index in [0.29, 0.717) is 18.8 Å². The van der Waals surface area contributed by atoms with Crippen molar-refractivity contribution in [1.29, 1.82) is 0 Å². The molecule has 27 heavy (non-hydrogen) atoms. The third-order valence-corrected chi connectivity index (χ3v) is 5.47. The van der Waals surface area contributed by atoms with Gasteiger partial charge in [-0.05, 0) is 50.8 Å². The van der Waals surface area contributed by atoms with Gasteiger partial charge in [-0.2, -0.15) is 0 Å². The Labute approximate surface area is 162 Å². The van der Waals surface area contributed by atoms with Crippen LogP contribution in [0.1, 0.15) is 61.3 Å². The number of amides is 1. The van der Waals surface area contributed by atoms with Gasteiger partial charge in [0.2, 0.25) is 0 Å². The van der Waals surface area contributed by atoms with Crippen LogP contribution in [0, 0.1) is 0 Å². The minimum Gasteiger partial charge on any atom is -0.338 e. The molecule has 1 fully saturated rings. The van der Waals surface area contributed by atoms with Gasteiger partial charge in [-0.1, -0.05) is 36.4 Å². The Morgan fingerprint density at radius 3 is 2.52 bits per heavy atom. The minimum atomic E-state index is -0.0325. The summed E-state index contributed by atoms with van der Waals surface area (Å²) in [7, 11) is 0. The van der Waals surface area contributed by atoms with Crippen LogP contribution in [-0.4, -0.2) is 56.9 Å². The third-order valence-electron chi connectivity index (χ3n) is 5.47. The van der Waals surface area contributed by atoms with Crippen LogP contribution in [0.2, 0.25) is 0 Å². The second-order valence-corrected chi connectivity index (χ2v) is 7.26. The molecule has 0 radical (unpaired) electrons. The standard InChI is InChI=1S/C21H31N5O/c1-4-17-9-11-18(12-10-17)14-24-13-7-8-19(15-24)26-16-20(22-23-26)21(27)25(5-2)6-3/h9-12,16,19H,4-8,13-15H2,1-3H3. The van der Waals surface area contributed by atoms with Crippen LogP contribution < -0.4 is 0 Å². The van der Waals surface area contributed by atoms with Crippen LogP contribution in [-0.2, 0) is 13.0 Å².